The molecule has 0 aromatic heterocycles. The summed E-state index contributed by atoms with van der Waals surface area (Å²) in [6.07, 6.45) is 0. The van der Waals surface area contributed by atoms with Crippen molar-refractivity contribution in [3.05, 3.63) is 59.9 Å². The zero-order valence-corrected chi connectivity index (χ0v) is 17.4. The van der Waals surface area contributed by atoms with Crippen molar-refractivity contribution in [1.82, 2.24) is 9.80 Å². The molecule has 0 saturated carbocycles. The first-order valence-electron chi connectivity index (χ1n) is 8.77. The third kappa shape index (κ3) is 6.55. The highest BCUT2D eigenvalue weighted by Gasteiger charge is 2.21. The number of ether oxygens (including phenoxy) is 1. The lowest BCUT2D eigenvalue weighted by Gasteiger charge is -2.35. The van der Waals surface area contributed by atoms with E-state index in [4.69, 9.17) is 4.74 Å². The Bertz CT molecular complexity index is 741. The van der Waals surface area contributed by atoms with E-state index in [1.807, 2.05) is 35.2 Å². The SMILES string of the molecule is COc1ccc(F)cc1CN1CCN(C(=O)CNc2ccccc2)CC1.Cl.Cl. The Kier molecular flexibility index (Phi) is 10.1. The quantitative estimate of drug-likeness (QED) is 0.763. The number of hydrogen-bond acceptors (Lipinski definition) is 4. The van der Waals surface area contributed by atoms with Gasteiger partial charge in [0.1, 0.15) is 11.6 Å². The molecule has 0 atom stereocenters. The van der Waals surface area contributed by atoms with Gasteiger partial charge in [-0.25, -0.2) is 4.39 Å². The van der Waals surface area contributed by atoms with Gasteiger partial charge in [-0.1, -0.05) is 18.2 Å². The van der Waals surface area contributed by atoms with E-state index in [1.54, 1.807) is 13.2 Å². The van der Waals surface area contributed by atoms with E-state index >= 15 is 0 Å². The van der Waals surface area contributed by atoms with E-state index in [-0.39, 0.29) is 36.5 Å². The summed E-state index contributed by atoms with van der Waals surface area (Å²) in [7, 11) is 1.59. The number of anilines is 1. The van der Waals surface area contributed by atoms with Crippen LogP contribution in [-0.4, -0.2) is 55.5 Å². The van der Waals surface area contributed by atoms with Gasteiger partial charge in [0.2, 0.25) is 5.91 Å². The summed E-state index contributed by atoms with van der Waals surface area (Å²) in [6, 6.07) is 14.3. The summed E-state index contributed by atoms with van der Waals surface area (Å²) in [6.45, 7) is 3.78. The third-order valence-corrected chi connectivity index (χ3v) is 4.58. The topological polar surface area (TPSA) is 44.8 Å². The summed E-state index contributed by atoms with van der Waals surface area (Å²) in [5.74, 6) is 0.524. The van der Waals surface area contributed by atoms with E-state index in [0.29, 0.717) is 31.9 Å². The van der Waals surface area contributed by atoms with Gasteiger partial charge in [-0.3, -0.25) is 9.69 Å². The first kappa shape index (κ1) is 24.0. The molecule has 1 saturated heterocycles. The average Bonchev–Trinajstić information content (AvgIpc) is 2.68. The van der Waals surface area contributed by atoms with Gasteiger partial charge < -0.3 is 15.0 Å². The highest BCUT2D eigenvalue weighted by molar-refractivity contribution is 5.85. The molecule has 3 rings (SSSR count). The molecule has 1 heterocycles. The number of hydrogen-bond donors (Lipinski definition) is 1. The lowest BCUT2D eigenvalue weighted by atomic mass is 10.1. The van der Waals surface area contributed by atoms with E-state index in [9.17, 15) is 9.18 Å². The van der Waals surface area contributed by atoms with Crippen LogP contribution in [-0.2, 0) is 11.3 Å². The highest BCUT2D eigenvalue weighted by Crippen LogP contribution is 2.21. The van der Waals surface area contributed by atoms with Gasteiger partial charge in [-0.15, -0.1) is 24.8 Å². The molecule has 0 aliphatic carbocycles. The Balaban J connectivity index is 0.00000196. The number of para-hydroxylation sites is 1. The molecule has 1 fully saturated rings. The lowest BCUT2D eigenvalue weighted by Crippen LogP contribution is -2.49. The maximum absolute atomic E-state index is 13.5. The Morgan fingerprint density at radius 2 is 1.75 bits per heavy atom. The van der Waals surface area contributed by atoms with Gasteiger partial charge in [0.15, 0.2) is 0 Å². The molecule has 0 bridgehead atoms. The van der Waals surface area contributed by atoms with Crippen molar-refractivity contribution in [2.24, 2.45) is 0 Å². The Morgan fingerprint density at radius 3 is 2.39 bits per heavy atom. The van der Waals surface area contributed by atoms with Crippen molar-refractivity contribution < 1.29 is 13.9 Å². The molecular weight excluding hydrogens is 404 g/mol. The van der Waals surface area contributed by atoms with Crippen LogP contribution in [0.1, 0.15) is 5.56 Å². The third-order valence-electron chi connectivity index (χ3n) is 4.58. The lowest BCUT2D eigenvalue weighted by molar-refractivity contribution is -0.131. The number of halogens is 3. The number of amides is 1. The van der Waals surface area contributed by atoms with Gasteiger partial charge in [-0.05, 0) is 30.3 Å². The first-order chi connectivity index (χ1) is 12.7. The van der Waals surface area contributed by atoms with Crippen LogP contribution in [0.4, 0.5) is 10.1 Å². The molecule has 1 aliphatic heterocycles. The van der Waals surface area contributed by atoms with Crippen molar-refractivity contribution in [2.75, 3.05) is 45.2 Å². The van der Waals surface area contributed by atoms with Gasteiger partial charge in [-0.2, -0.15) is 0 Å². The Labute approximate surface area is 177 Å². The van der Waals surface area contributed by atoms with Crippen molar-refractivity contribution in [3.63, 3.8) is 0 Å². The zero-order valence-electron chi connectivity index (χ0n) is 15.8. The van der Waals surface area contributed by atoms with Crippen LogP contribution < -0.4 is 10.1 Å². The Morgan fingerprint density at radius 1 is 1.07 bits per heavy atom. The summed E-state index contributed by atoms with van der Waals surface area (Å²) in [4.78, 5) is 16.4. The monoisotopic (exact) mass is 429 g/mol. The molecular formula is C20H26Cl2FN3O2. The molecule has 8 heteroatoms. The van der Waals surface area contributed by atoms with Gasteiger partial charge in [0.25, 0.3) is 0 Å². The second kappa shape index (κ2) is 11.7. The molecule has 0 spiro atoms. The molecule has 1 aliphatic rings. The first-order valence-corrected chi connectivity index (χ1v) is 8.77. The number of nitrogens with zero attached hydrogens (tertiary/aromatic N) is 2. The smallest absolute Gasteiger partial charge is 0.241 e. The van der Waals surface area contributed by atoms with E-state index in [1.165, 1.54) is 12.1 Å². The number of carbonyl (C=O) groups excluding carboxylic acids is 1. The summed E-state index contributed by atoms with van der Waals surface area (Å²) in [5, 5.41) is 3.15. The number of rotatable bonds is 6. The van der Waals surface area contributed by atoms with Crippen LogP contribution in [0.5, 0.6) is 5.75 Å². The minimum Gasteiger partial charge on any atom is -0.496 e. The van der Waals surface area contributed by atoms with Gasteiger partial charge in [0, 0.05) is 44.0 Å². The van der Waals surface area contributed by atoms with Crippen molar-refractivity contribution >= 4 is 36.4 Å². The molecule has 2 aromatic rings. The molecule has 5 nitrogen and oxygen atoms in total. The van der Waals surface area contributed by atoms with Crippen molar-refractivity contribution in [3.8, 4) is 5.75 Å². The van der Waals surface area contributed by atoms with E-state index in [0.717, 1.165) is 24.3 Å². The molecule has 2 aromatic carbocycles. The fourth-order valence-corrected chi connectivity index (χ4v) is 3.11. The number of nitrogens with one attached hydrogen (secondary N) is 1. The number of piperazine rings is 1. The number of carbonyl (C=O) groups is 1. The molecule has 154 valence electrons. The highest BCUT2D eigenvalue weighted by atomic mass is 35.5. The summed E-state index contributed by atoms with van der Waals surface area (Å²) < 4.78 is 18.8. The fraction of sp³-hybridized carbons (Fsp3) is 0.350. The van der Waals surface area contributed by atoms with Crippen LogP contribution in [0.15, 0.2) is 48.5 Å². The van der Waals surface area contributed by atoms with Crippen LogP contribution in [0.25, 0.3) is 0 Å². The number of methoxy groups -OCH3 is 1. The minimum atomic E-state index is -0.262. The van der Waals surface area contributed by atoms with Gasteiger partial charge >= 0.3 is 0 Å². The van der Waals surface area contributed by atoms with Crippen LogP contribution in [0.2, 0.25) is 0 Å². The largest absolute Gasteiger partial charge is 0.496 e. The van der Waals surface area contributed by atoms with Crippen LogP contribution >= 0.6 is 24.8 Å². The summed E-state index contributed by atoms with van der Waals surface area (Å²) >= 11 is 0. The number of benzene rings is 2. The van der Waals surface area contributed by atoms with Gasteiger partial charge in [0.05, 0.1) is 13.7 Å². The summed E-state index contributed by atoms with van der Waals surface area (Å²) in [5.41, 5.74) is 1.77. The molecule has 28 heavy (non-hydrogen) atoms. The standard InChI is InChI=1S/C20H24FN3O2.2ClH/c1-26-19-8-7-17(21)13-16(19)15-23-9-11-24(12-10-23)20(25)14-22-18-5-3-2-4-6-18;;/h2-8,13,22H,9-12,14-15H2,1H3;2*1H. The molecule has 0 unspecified atom stereocenters. The molecule has 0 radical (unpaired) electrons. The van der Waals surface area contributed by atoms with Crippen molar-refractivity contribution in [1.29, 1.82) is 0 Å². The van der Waals surface area contributed by atoms with Crippen molar-refractivity contribution in [2.45, 2.75) is 6.54 Å². The Hall–Kier alpha value is -2.02. The van der Waals surface area contributed by atoms with E-state index < -0.39 is 0 Å². The zero-order chi connectivity index (χ0) is 18.4. The average molecular weight is 430 g/mol. The van der Waals surface area contributed by atoms with Crippen LogP contribution in [0, 0.1) is 5.82 Å². The molecule has 1 amide bonds. The van der Waals surface area contributed by atoms with E-state index in [2.05, 4.69) is 10.2 Å². The maximum Gasteiger partial charge on any atom is 0.241 e. The predicted molar refractivity (Wildman–Crippen MR) is 114 cm³/mol. The predicted octanol–water partition coefficient (Wildman–Crippen LogP) is 3.43. The normalized spacial score (nSPS) is 13.9. The maximum atomic E-state index is 13.5. The second-order valence-corrected chi connectivity index (χ2v) is 6.33. The second-order valence-electron chi connectivity index (χ2n) is 6.33. The minimum absolute atomic E-state index is 0. The fourth-order valence-electron chi connectivity index (χ4n) is 3.11. The van der Waals surface area contributed by atoms with Crippen LogP contribution in [0.3, 0.4) is 0 Å². The molecule has 1 N–H and O–H groups in total.